The minimum atomic E-state index is -3.86. The highest BCUT2D eigenvalue weighted by Gasteiger charge is 2.39. The van der Waals surface area contributed by atoms with Gasteiger partial charge in [0.15, 0.2) is 0 Å². The second-order valence-corrected chi connectivity index (χ2v) is 11.5. The Balaban J connectivity index is 1.36. The predicted octanol–water partition coefficient (Wildman–Crippen LogP) is 5.09. The van der Waals surface area contributed by atoms with Gasteiger partial charge in [-0.25, -0.2) is 18.2 Å². The topological polar surface area (TPSA) is 83.8 Å². The summed E-state index contributed by atoms with van der Waals surface area (Å²) in [4.78, 5) is 13.1. The van der Waals surface area contributed by atoms with E-state index in [1.807, 2.05) is 31.2 Å². The van der Waals surface area contributed by atoms with Crippen LogP contribution in [0.2, 0.25) is 5.02 Å². The van der Waals surface area contributed by atoms with Gasteiger partial charge in [0.25, 0.3) is 5.91 Å². The smallest absolute Gasteiger partial charge is 0.258 e. The lowest BCUT2D eigenvalue weighted by Crippen LogP contribution is -2.44. The fourth-order valence-corrected chi connectivity index (χ4v) is 6.65. The molecule has 0 bridgehead atoms. The summed E-state index contributed by atoms with van der Waals surface area (Å²) in [6, 6.07) is 19.3. The number of hydrogen-bond donors (Lipinski definition) is 1. The number of nitrogens with one attached hydrogen (secondary N) is 1. The molecule has 10 heteroatoms. The van der Waals surface area contributed by atoms with Gasteiger partial charge in [-0.2, -0.15) is 9.41 Å². The van der Waals surface area contributed by atoms with E-state index in [0.29, 0.717) is 24.4 Å². The minimum Gasteiger partial charge on any atom is -0.340 e. The van der Waals surface area contributed by atoms with Crippen LogP contribution in [0.1, 0.15) is 29.7 Å². The summed E-state index contributed by atoms with van der Waals surface area (Å²) in [7, 11) is -3.86. The van der Waals surface area contributed by atoms with E-state index >= 15 is 0 Å². The zero-order valence-electron chi connectivity index (χ0n) is 20.6. The predicted molar refractivity (Wildman–Crippen MR) is 146 cm³/mol. The number of carbonyl (C=O) groups is 1. The molecule has 1 aliphatic rings. The van der Waals surface area contributed by atoms with E-state index in [1.54, 1.807) is 18.3 Å². The number of aromatic nitrogens is 1. The number of halogens is 2. The van der Waals surface area contributed by atoms with Crippen LogP contribution in [0.3, 0.4) is 0 Å². The number of nitrogens with zero attached hydrogens (tertiary/aromatic N) is 3. The SMILES string of the molecule is Cc1c(/C=N\NC(=O)[C@@H]2CCCN2S(=O)(=O)c2ccc(Cl)cc2)c2ccccc2n1Cc1ccc(F)cc1. The third kappa shape index (κ3) is 5.09. The van der Waals surface area contributed by atoms with Crippen LogP contribution in [0.4, 0.5) is 4.39 Å². The van der Waals surface area contributed by atoms with E-state index < -0.39 is 22.0 Å². The molecule has 1 aromatic heterocycles. The number of hydrazone groups is 1. The molecular weight excluding hydrogens is 527 g/mol. The van der Waals surface area contributed by atoms with Crippen LogP contribution in [0.25, 0.3) is 10.9 Å². The van der Waals surface area contributed by atoms with Crippen LogP contribution in [0, 0.1) is 12.7 Å². The Kier molecular flexibility index (Phi) is 7.34. The van der Waals surface area contributed by atoms with Gasteiger partial charge in [-0.1, -0.05) is 41.9 Å². The first-order chi connectivity index (χ1) is 18.3. The summed E-state index contributed by atoms with van der Waals surface area (Å²) in [6.07, 6.45) is 2.57. The highest BCUT2D eigenvalue weighted by molar-refractivity contribution is 7.89. The normalized spacial score (nSPS) is 16.4. The lowest BCUT2D eigenvalue weighted by Gasteiger charge is -2.22. The Labute approximate surface area is 225 Å². The van der Waals surface area contributed by atoms with Crippen LogP contribution in [0.15, 0.2) is 82.8 Å². The summed E-state index contributed by atoms with van der Waals surface area (Å²) < 4.78 is 43.0. The van der Waals surface area contributed by atoms with Crippen molar-refractivity contribution in [1.29, 1.82) is 0 Å². The van der Waals surface area contributed by atoms with Crippen molar-refractivity contribution in [3.63, 3.8) is 0 Å². The summed E-state index contributed by atoms with van der Waals surface area (Å²) in [5, 5.41) is 5.59. The fourth-order valence-electron chi connectivity index (χ4n) is 4.86. The number of sulfonamides is 1. The zero-order valence-corrected chi connectivity index (χ0v) is 22.2. The molecule has 1 atom stereocenters. The standard InChI is InChI=1S/C28H26ClFN4O3S/c1-19-25(24-5-2-3-6-26(24)33(19)18-20-8-12-22(30)13-9-20)17-31-32-28(35)27-7-4-16-34(27)38(36,37)23-14-10-21(29)11-15-23/h2-3,5-6,8-15,17,27H,4,7,16,18H2,1H3,(H,32,35)/b31-17-/t27-/m0/s1. The summed E-state index contributed by atoms with van der Waals surface area (Å²) in [5.74, 6) is -0.766. The van der Waals surface area contributed by atoms with Gasteiger partial charge >= 0.3 is 0 Å². The number of fused-ring (bicyclic) bond motifs is 1. The zero-order chi connectivity index (χ0) is 26.9. The molecule has 1 fully saturated rings. The molecule has 0 saturated carbocycles. The van der Waals surface area contributed by atoms with Crippen LogP contribution >= 0.6 is 11.6 Å². The molecule has 2 heterocycles. The van der Waals surface area contributed by atoms with Crippen LogP contribution in [-0.4, -0.2) is 42.0 Å². The van der Waals surface area contributed by atoms with Crippen LogP contribution in [0.5, 0.6) is 0 Å². The minimum absolute atomic E-state index is 0.0923. The second-order valence-electron chi connectivity index (χ2n) is 9.19. The van der Waals surface area contributed by atoms with Crippen molar-refractivity contribution in [2.75, 3.05) is 6.54 Å². The molecule has 1 aliphatic heterocycles. The van der Waals surface area contributed by atoms with Crippen molar-refractivity contribution in [2.45, 2.75) is 37.2 Å². The maximum atomic E-state index is 13.4. The molecule has 5 rings (SSSR count). The Bertz CT molecular complexity index is 1620. The number of benzene rings is 3. The first-order valence-electron chi connectivity index (χ1n) is 12.2. The molecule has 4 aromatic rings. The molecule has 0 unspecified atom stereocenters. The molecule has 1 amide bonds. The maximum Gasteiger partial charge on any atom is 0.258 e. The van der Waals surface area contributed by atoms with Crippen molar-refractivity contribution >= 4 is 44.6 Å². The number of amides is 1. The number of para-hydroxylation sites is 1. The Morgan fingerprint density at radius 1 is 1.11 bits per heavy atom. The fraction of sp³-hybridized carbons (Fsp3) is 0.214. The van der Waals surface area contributed by atoms with Crippen molar-refractivity contribution in [3.05, 3.63) is 100 Å². The average Bonchev–Trinajstić information content (AvgIpc) is 3.51. The van der Waals surface area contributed by atoms with Crippen molar-refractivity contribution < 1.29 is 17.6 Å². The second kappa shape index (κ2) is 10.7. The van der Waals surface area contributed by atoms with Gasteiger partial charge in [-0.05, 0) is 67.8 Å². The third-order valence-electron chi connectivity index (χ3n) is 6.83. The molecule has 196 valence electrons. The maximum absolute atomic E-state index is 13.4. The summed E-state index contributed by atoms with van der Waals surface area (Å²) in [5.41, 5.74) is 6.25. The average molecular weight is 553 g/mol. The van der Waals surface area contributed by atoms with Crippen LogP contribution in [-0.2, 0) is 21.4 Å². The van der Waals surface area contributed by atoms with Crippen molar-refractivity contribution in [2.24, 2.45) is 5.10 Å². The molecular formula is C28H26ClFN4O3S. The van der Waals surface area contributed by atoms with Gasteiger partial charge in [-0.3, -0.25) is 4.79 Å². The molecule has 38 heavy (non-hydrogen) atoms. The molecule has 0 spiro atoms. The molecule has 7 nitrogen and oxygen atoms in total. The number of carbonyl (C=O) groups excluding carboxylic acids is 1. The van der Waals surface area contributed by atoms with Gasteiger partial charge in [0.05, 0.1) is 11.1 Å². The van der Waals surface area contributed by atoms with Gasteiger partial charge in [0.1, 0.15) is 11.9 Å². The highest BCUT2D eigenvalue weighted by atomic mass is 35.5. The lowest BCUT2D eigenvalue weighted by atomic mass is 10.1. The molecule has 0 radical (unpaired) electrons. The van der Waals surface area contributed by atoms with Gasteiger partial charge in [0, 0.05) is 40.3 Å². The molecule has 3 aromatic carbocycles. The molecule has 0 aliphatic carbocycles. The summed E-state index contributed by atoms with van der Waals surface area (Å²) in [6.45, 7) is 2.76. The quantitative estimate of drug-likeness (QED) is 0.256. The van der Waals surface area contributed by atoms with E-state index in [1.165, 1.54) is 40.7 Å². The lowest BCUT2D eigenvalue weighted by molar-refractivity contribution is -0.124. The number of hydrogen-bond acceptors (Lipinski definition) is 4. The third-order valence-corrected chi connectivity index (χ3v) is 9.00. The van der Waals surface area contributed by atoms with Crippen molar-refractivity contribution in [1.82, 2.24) is 14.3 Å². The van der Waals surface area contributed by atoms with Crippen LogP contribution < -0.4 is 5.43 Å². The summed E-state index contributed by atoms with van der Waals surface area (Å²) >= 11 is 5.90. The van der Waals surface area contributed by atoms with Gasteiger partial charge < -0.3 is 4.57 Å². The number of rotatable bonds is 7. The molecule has 1 saturated heterocycles. The molecule has 1 N–H and O–H groups in total. The Hall–Kier alpha value is -3.53. The van der Waals surface area contributed by atoms with E-state index in [4.69, 9.17) is 11.6 Å². The van der Waals surface area contributed by atoms with Gasteiger partial charge in [0.2, 0.25) is 10.0 Å². The monoisotopic (exact) mass is 552 g/mol. The van der Waals surface area contributed by atoms with Crippen molar-refractivity contribution in [3.8, 4) is 0 Å². The Morgan fingerprint density at radius 3 is 2.55 bits per heavy atom. The first kappa shape index (κ1) is 26.1. The first-order valence-corrected chi connectivity index (χ1v) is 14.0. The highest BCUT2D eigenvalue weighted by Crippen LogP contribution is 2.28. The van der Waals surface area contributed by atoms with E-state index in [2.05, 4.69) is 15.1 Å². The van der Waals surface area contributed by atoms with Gasteiger partial charge in [-0.15, -0.1) is 0 Å². The van der Waals surface area contributed by atoms with E-state index in [0.717, 1.165) is 27.7 Å². The largest absolute Gasteiger partial charge is 0.340 e. The Morgan fingerprint density at radius 2 is 1.82 bits per heavy atom. The van der Waals surface area contributed by atoms with E-state index in [9.17, 15) is 17.6 Å². The van der Waals surface area contributed by atoms with E-state index in [-0.39, 0.29) is 17.3 Å².